The average Bonchev–Trinajstić information content (AvgIpc) is 2.38. The maximum Gasteiger partial charge on any atom is 0.0825 e. The van der Waals surface area contributed by atoms with Crippen LogP contribution in [0.15, 0.2) is 24.3 Å². The zero-order valence-corrected chi connectivity index (χ0v) is 11.4. The van der Waals surface area contributed by atoms with Crippen molar-refractivity contribution in [3.8, 4) is 0 Å². The van der Waals surface area contributed by atoms with Gasteiger partial charge < -0.3 is 15.7 Å². The number of benzene rings is 1. The lowest BCUT2D eigenvalue weighted by atomic mass is 9.82. The summed E-state index contributed by atoms with van der Waals surface area (Å²) in [4.78, 5) is 0. The molecule has 0 radical (unpaired) electrons. The molecule has 2 atom stereocenters. The first kappa shape index (κ1) is 13.5. The summed E-state index contributed by atoms with van der Waals surface area (Å²) >= 11 is 0. The van der Waals surface area contributed by atoms with Crippen LogP contribution in [0.5, 0.6) is 0 Å². The van der Waals surface area contributed by atoms with E-state index in [0.717, 1.165) is 32.5 Å². The van der Waals surface area contributed by atoms with Gasteiger partial charge in [-0.15, -0.1) is 0 Å². The zero-order chi connectivity index (χ0) is 13.0. The molecule has 3 nitrogen and oxygen atoms in total. The van der Waals surface area contributed by atoms with Crippen molar-refractivity contribution < 1.29 is 5.11 Å². The molecule has 0 amide bonds. The van der Waals surface area contributed by atoms with Crippen LogP contribution < -0.4 is 10.6 Å². The fraction of sp³-hybridized carbons (Fsp3) is 0.600. The highest BCUT2D eigenvalue weighted by Crippen LogP contribution is 2.33. The molecular weight excluding hydrogens is 224 g/mol. The third kappa shape index (κ3) is 2.91. The van der Waals surface area contributed by atoms with Gasteiger partial charge in [-0.05, 0) is 50.5 Å². The quantitative estimate of drug-likeness (QED) is 0.694. The van der Waals surface area contributed by atoms with Gasteiger partial charge >= 0.3 is 0 Å². The Bertz CT molecular complexity index is 390. The molecule has 1 aliphatic rings. The molecule has 2 rings (SSSR count). The minimum atomic E-state index is -0.710. The van der Waals surface area contributed by atoms with Crippen LogP contribution in [0.4, 0.5) is 0 Å². The SMILES string of the molecule is CCNCCC(C)(O)C1NCCc2ccccc21. The second kappa shape index (κ2) is 5.83. The molecule has 3 heteroatoms. The zero-order valence-electron chi connectivity index (χ0n) is 11.4. The average molecular weight is 248 g/mol. The van der Waals surface area contributed by atoms with E-state index < -0.39 is 5.60 Å². The van der Waals surface area contributed by atoms with Gasteiger partial charge in [0.25, 0.3) is 0 Å². The van der Waals surface area contributed by atoms with Gasteiger partial charge in [-0.2, -0.15) is 0 Å². The second-order valence-electron chi connectivity index (χ2n) is 5.30. The van der Waals surface area contributed by atoms with E-state index in [4.69, 9.17) is 0 Å². The van der Waals surface area contributed by atoms with Crippen LogP contribution >= 0.6 is 0 Å². The lowest BCUT2D eigenvalue weighted by Crippen LogP contribution is -2.46. The predicted octanol–water partition coefficient (Wildman–Crippen LogP) is 1.62. The molecule has 1 aromatic carbocycles. The topological polar surface area (TPSA) is 44.3 Å². The van der Waals surface area contributed by atoms with Gasteiger partial charge in [-0.3, -0.25) is 0 Å². The van der Waals surface area contributed by atoms with E-state index in [1.54, 1.807) is 0 Å². The number of rotatable bonds is 5. The standard InChI is InChI=1S/C15H24N2O/c1-3-16-11-9-15(2,18)14-13-7-5-4-6-12(13)8-10-17-14/h4-7,14,16-18H,3,8-11H2,1-2H3. The summed E-state index contributed by atoms with van der Waals surface area (Å²) in [6.45, 7) is 6.76. The maximum atomic E-state index is 10.7. The highest BCUT2D eigenvalue weighted by atomic mass is 16.3. The minimum absolute atomic E-state index is 0.0427. The molecule has 18 heavy (non-hydrogen) atoms. The van der Waals surface area contributed by atoms with Crippen LogP contribution in [0.3, 0.4) is 0 Å². The van der Waals surface area contributed by atoms with Crippen LogP contribution in [0.1, 0.15) is 37.4 Å². The van der Waals surface area contributed by atoms with Crippen molar-refractivity contribution in [1.29, 1.82) is 0 Å². The van der Waals surface area contributed by atoms with Gasteiger partial charge in [0, 0.05) is 0 Å². The van der Waals surface area contributed by atoms with Crippen molar-refractivity contribution in [2.75, 3.05) is 19.6 Å². The van der Waals surface area contributed by atoms with E-state index in [1.807, 2.05) is 6.92 Å². The number of hydrogen-bond donors (Lipinski definition) is 3. The molecule has 1 aliphatic heterocycles. The summed E-state index contributed by atoms with van der Waals surface area (Å²) in [6.07, 6.45) is 1.81. The second-order valence-corrected chi connectivity index (χ2v) is 5.30. The summed E-state index contributed by atoms with van der Waals surface area (Å²) < 4.78 is 0. The fourth-order valence-electron chi connectivity index (χ4n) is 2.72. The van der Waals surface area contributed by atoms with Crippen molar-refractivity contribution in [1.82, 2.24) is 10.6 Å². The number of fused-ring (bicyclic) bond motifs is 1. The van der Waals surface area contributed by atoms with E-state index >= 15 is 0 Å². The first-order valence-corrected chi connectivity index (χ1v) is 6.89. The van der Waals surface area contributed by atoms with Gasteiger partial charge in [0.15, 0.2) is 0 Å². The highest BCUT2D eigenvalue weighted by Gasteiger charge is 2.35. The Morgan fingerprint density at radius 3 is 3.00 bits per heavy atom. The van der Waals surface area contributed by atoms with E-state index in [0.29, 0.717) is 0 Å². The van der Waals surface area contributed by atoms with E-state index in [-0.39, 0.29) is 6.04 Å². The third-order valence-electron chi connectivity index (χ3n) is 3.79. The molecule has 0 aliphatic carbocycles. The van der Waals surface area contributed by atoms with Crippen molar-refractivity contribution in [3.63, 3.8) is 0 Å². The van der Waals surface area contributed by atoms with E-state index in [9.17, 15) is 5.11 Å². The molecule has 0 fully saturated rings. The lowest BCUT2D eigenvalue weighted by Gasteiger charge is -2.38. The highest BCUT2D eigenvalue weighted by molar-refractivity contribution is 5.34. The Balaban J connectivity index is 2.13. The van der Waals surface area contributed by atoms with E-state index in [2.05, 4.69) is 41.8 Å². The summed E-state index contributed by atoms with van der Waals surface area (Å²) in [5, 5.41) is 17.5. The van der Waals surface area contributed by atoms with Gasteiger partial charge in [-0.25, -0.2) is 0 Å². The van der Waals surface area contributed by atoms with Crippen molar-refractivity contribution in [2.24, 2.45) is 0 Å². The fourth-order valence-corrected chi connectivity index (χ4v) is 2.72. The molecule has 100 valence electrons. The first-order chi connectivity index (χ1) is 8.65. The first-order valence-electron chi connectivity index (χ1n) is 6.89. The lowest BCUT2D eigenvalue weighted by molar-refractivity contribution is 0.00868. The van der Waals surface area contributed by atoms with Gasteiger partial charge in [-0.1, -0.05) is 31.2 Å². The summed E-state index contributed by atoms with van der Waals surface area (Å²) in [5.41, 5.74) is 1.91. The molecule has 0 saturated carbocycles. The number of hydrogen-bond acceptors (Lipinski definition) is 3. The van der Waals surface area contributed by atoms with Gasteiger partial charge in [0.05, 0.1) is 11.6 Å². The normalized spacial score (nSPS) is 22.3. The monoisotopic (exact) mass is 248 g/mol. The Kier molecular flexibility index (Phi) is 4.38. The molecule has 1 aromatic rings. The molecule has 0 saturated heterocycles. The molecule has 2 unspecified atom stereocenters. The maximum absolute atomic E-state index is 10.7. The Morgan fingerprint density at radius 2 is 2.22 bits per heavy atom. The minimum Gasteiger partial charge on any atom is -0.388 e. The van der Waals surface area contributed by atoms with Crippen LogP contribution in [-0.2, 0) is 6.42 Å². The molecule has 0 aromatic heterocycles. The van der Waals surface area contributed by atoms with Gasteiger partial charge in [0.1, 0.15) is 0 Å². The van der Waals surface area contributed by atoms with Crippen LogP contribution in [0.2, 0.25) is 0 Å². The van der Waals surface area contributed by atoms with Crippen LogP contribution in [-0.4, -0.2) is 30.3 Å². The smallest absolute Gasteiger partial charge is 0.0825 e. The number of aliphatic hydroxyl groups is 1. The number of nitrogens with one attached hydrogen (secondary N) is 2. The Morgan fingerprint density at radius 1 is 1.44 bits per heavy atom. The summed E-state index contributed by atoms with van der Waals surface area (Å²) in [7, 11) is 0. The largest absolute Gasteiger partial charge is 0.388 e. The van der Waals surface area contributed by atoms with Crippen LogP contribution in [0.25, 0.3) is 0 Å². The third-order valence-corrected chi connectivity index (χ3v) is 3.79. The molecule has 0 spiro atoms. The van der Waals surface area contributed by atoms with Crippen LogP contribution in [0, 0.1) is 0 Å². The van der Waals surface area contributed by atoms with E-state index in [1.165, 1.54) is 11.1 Å². The van der Waals surface area contributed by atoms with Crippen molar-refractivity contribution in [3.05, 3.63) is 35.4 Å². The summed E-state index contributed by atoms with van der Waals surface area (Å²) in [6, 6.07) is 8.48. The van der Waals surface area contributed by atoms with Crippen molar-refractivity contribution >= 4 is 0 Å². The summed E-state index contributed by atoms with van der Waals surface area (Å²) in [5.74, 6) is 0. The van der Waals surface area contributed by atoms with Gasteiger partial charge in [0.2, 0.25) is 0 Å². The molecule has 3 N–H and O–H groups in total. The Hall–Kier alpha value is -0.900. The molecule has 0 bridgehead atoms. The van der Waals surface area contributed by atoms with Crippen molar-refractivity contribution in [2.45, 2.75) is 38.3 Å². The Labute approximate surface area is 110 Å². The molecular formula is C15H24N2O. The molecule has 1 heterocycles. The predicted molar refractivity (Wildman–Crippen MR) is 74.7 cm³/mol.